The van der Waals surface area contributed by atoms with Gasteiger partial charge in [-0.25, -0.2) is 0 Å². The van der Waals surface area contributed by atoms with Gasteiger partial charge in [-0.1, -0.05) is 30.3 Å². The summed E-state index contributed by atoms with van der Waals surface area (Å²) in [5, 5.41) is 3.69. The van der Waals surface area contributed by atoms with Crippen molar-refractivity contribution < 1.29 is 9.63 Å². The van der Waals surface area contributed by atoms with Crippen molar-refractivity contribution in [2.24, 2.45) is 17.0 Å². The lowest BCUT2D eigenvalue weighted by molar-refractivity contribution is -0.130. The third kappa shape index (κ3) is 3.76. The molecule has 5 heteroatoms. The van der Waals surface area contributed by atoms with Crippen molar-refractivity contribution >= 4 is 23.9 Å². The molecule has 1 aliphatic heterocycles. The van der Waals surface area contributed by atoms with E-state index in [1.165, 1.54) is 12.0 Å². The summed E-state index contributed by atoms with van der Waals surface area (Å²) in [6.07, 6.45) is 1.64. The Morgan fingerprint density at radius 2 is 2.20 bits per heavy atom. The standard InChI is InChI=1S/C15H20N2O2S/c1-12-13(11-20-14-6-4-3-5-7-14)10-17(15(12)18)9-8-16-19-2/h3-8,12-13H,9-11H2,1-2H3/b16-8+. The predicted octanol–water partition coefficient (Wildman–Crippen LogP) is 2.51. The van der Waals surface area contributed by atoms with Gasteiger partial charge < -0.3 is 9.74 Å². The van der Waals surface area contributed by atoms with Crippen molar-refractivity contribution in [1.82, 2.24) is 4.90 Å². The summed E-state index contributed by atoms with van der Waals surface area (Å²) in [4.78, 5) is 19.9. The van der Waals surface area contributed by atoms with E-state index in [9.17, 15) is 4.79 Å². The van der Waals surface area contributed by atoms with E-state index in [1.807, 2.05) is 41.8 Å². The number of likely N-dealkylation sites (tertiary alicyclic amines) is 1. The van der Waals surface area contributed by atoms with Gasteiger partial charge in [0.15, 0.2) is 0 Å². The first-order valence-electron chi connectivity index (χ1n) is 6.74. The van der Waals surface area contributed by atoms with E-state index in [-0.39, 0.29) is 11.8 Å². The lowest BCUT2D eigenvalue weighted by atomic mass is 10.0. The summed E-state index contributed by atoms with van der Waals surface area (Å²) < 4.78 is 0. The first kappa shape index (κ1) is 14.9. The van der Waals surface area contributed by atoms with E-state index < -0.39 is 0 Å². The van der Waals surface area contributed by atoms with Gasteiger partial charge in [-0.15, -0.1) is 11.8 Å². The molecule has 2 rings (SSSR count). The first-order valence-corrected chi connectivity index (χ1v) is 7.72. The molecular weight excluding hydrogens is 272 g/mol. The summed E-state index contributed by atoms with van der Waals surface area (Å²) in [5.41, 5.74) is 0. The molecule has 2 unspecified atom stereocenters. The van der Waals surface area contributed by atoms with Crippen LogP contribution in [0.3, 0.4) is 0 Å². The number of carbonyl (C=O) groups is 1. The Balaban J connectivity index is 1.86. The van der Waals surface area contributed by atoms with Crippen molar-refractivity contribution in [3.05, 3.63) is 30.3 Å². The number of hydrogen-bond donors (Lipinski definition) is 0. The minimum atomic E-state index is 0.0853. The summed E-state index contributed by atoms with van der Waals surface area (Å²) >= 11 is 1.82. The molecule has 1 fully saturated rings. The number of nitrogens with zero attached hydrogens (tertiary/aromatic N) is 2. The average Bonchev–Trinajstić information content (AvgIpc) is 2.75. The zero-order chi connectivity index (χ0) is 14.4. The minimum absolute atomic E-state index is 0.0853. The maximum atomic E-state index is 12.1. The van der Waals surface area contributed by atoms with Crippen molar-refractivity contribution in [2.75, 3.05) is 26.0 Å². The van der Waals surface area contributed by atoms with Gasteiger partial charge in [0.25, 0.3) is 0 Å². The van der Waals surface area contributed by atoms with Crippen LogP contribution in [0.15, 0.2) is 40.4 Å². The Labute approximate surface area is 124 Å². The molecule has 1 aromatic carbocycles. The van der Waals surface area contributed by atoms with Gasteiger partial charge in [-0.2, -0.15) is 0 Å². The van der Waals surface area contributed by atoms with Crippen LogP contribution in [-0.4, -0.2) is 43.0 Å². The van der Waals surface area contributed by atoms with Crippen molar-refractivity contribution in [3.8, 4) is 0 Å². The van der Waals surface area contributed by atoms with Crippen molar-refractivity contribution in [2.45, 2.75) is 11.8 Å². The Bertz CT molecular complexity index is 464. The van der Waals surface area contributed by atoms with Crippen molar-refractivity contribution in [3.63, 3.8) is 0 Å². The zero-order valence-electron chi connectivity index (χ0n) is 11.9. The second-order valence-electron chi connectivity index (χ2n) is 4.89. The lowest BCUT2D eigenvalue weighted by Crippen LogP contribution is -2.28. The summed E-state index contributed by atoms with van der Waals surface area (Å²) in [7, 11) is 1.50. The number of rotatable bonds is 6. The lowest BCUT2D eigenvalue weighted by Gasteiger charge is -2.13. The summed E-state index contributed by atoms with van der Waals surface area (Å²) in [6, 6.07) is 10.3. The van der Waals surface area contributed by atoms with Gasteiger partial charge in [0.2, 0.25) is 5.91 Å². The van der Waals surface area contributed by atoms with Crippen LogP contribution in [0.2, 0.25) is 0 Å². The second kappa shape index (κ2) is 7.33. The maximum absolute atomic E-state index is 12.1. The molecule has 1 heterocycles. The van der Waals surface area contributed by atoms with Crippen LogP contribution in [0.4, 0.5) is 0 Å². The molecule has 4 nitrogen and oxygen atoms in total. The molecule has 0 spiro atoms. The maximum Gasteiger partial charge on any atom is 0.226 e. The van der Waals surface area contributed by atoms with Crippen LogP contribution in [0.5, 0.6) is 0 Å². The van der Waals surface area contributed by atoms with Gasteiger partial charge >= 0.3 is 0 Å². The molecule has 0 bridgehead atoms. The smallest absolute Gasteiger partial charge is 0.226 e. The largest absolute Gasteiger partial charge is 0.399 e. The number of thioether (sulfide) groups is 1. The van der Waals surface area contributed by atoms with Gasteiger partial charge in [0.1, 0.15) is 7.11 Å². The molecule has 1 aliphatic rings. The van der Waals surface area contributed by atoms with E-state index in [4.69, 9.17) is 0 Å². The molecule has 0 N–H and O–H groups in total. The molecule has 0 radical (unpaired) electrons. The molecule has 0 aromatic heterocycles. The van der Waals surface area contributed by atoms with Gasteiger partial charge in [0.05, 0.1) is 12.8 Å². The molecule has 108 valence electrons. The number of oxime groups is 1. The van der Waals surface area contributed by atoms with Crippen LogP contribution in [0.1, 0.15) is 6.92 Å². The van der Waals surface area contributed by atoms with Crippen LogP contribution < -0.4 is 0 Å². The number of hydrogen-bond acceptors (Lipinski definition) is 4. The molecule has 0 saturated carbocycles. The molecule has 1 aromatic rings. The van der Waals surface area contributed by atoms with Crippen LogP contribution >= 0.6 is 11.8 Å². The quantitative estimate of drug-likeness (QED) is 0.459. The number of carbonyl (C=O) groups excluding carboxylic acids is 1. The highest BCUT2D eigenvalue weighted by molar-refractivity contribution is 7.99. The van der Waals surface area contributed by atoms with E-state index in [0.717, 1.165) is 12.3 Å². The fourth-order valence-electron chi connectivity index (χ4n) is 2.31. The highest BCUT2D eigenvalue weighted by atomic mass is 32.2. The molecule has 1 saturated heterocycles. The molecule has 2 atom stereocenters. The number of benzene rings is 1. The normalized spacial score (nSPS) is 22.7. The fourth-order valence-corrected chi connectivity index (χ4v) is 3.46. The van der Waals surface area contributed by atoms with E-state index in [1.54, 1.807) is 6.21 Å². The monoisotopic (exact) mass is 292 g/mol. The van der Waals surface area contributed by atoms with Gasteiger partial charge in [0, 0.05) is 23.1 Å². The Morgan fingerprint density at radius 3 is 2.90 bits per heavy atom. The second-order valence-corrected chi connectivity index (χ2v) is 5.98. The summed E-state index contributed by atoms with van der Waals surface area (Å²) in [6.45, 7) is 3.35. The van der Waals surface area contributed by atoms with Crippen LogP contribution in [0.25, 0.3) is 0 Å². The Morgan fingerprint density at radius 1 is 1.45 bits per heavy atom. The minimum Gasteiger partial charge on any atom is -0.399 e. The SMILES string of the molecule is CO/N=C/CN1CC(CSc2ccccc2)C(C)C1=O. The van der Waals surface area contributed by atoms with Crippen molar-refractivity contribution in [1.29, 1.82) is 0 Å². The third-order valence-electron chi connectivity index (χ3n) is 3.55. The molecule has 1 amide bonds. The van der Waals surface area contributed by atoms with Gasteiger partial charge in [-0.05, 0) is 18.1 Å². The predicted molar refractivity (Wildman–Crippen MR) is 81.9 cm³/mol. The van der Waals surface area contributed by atoms with Crippen LogP contribution in [-0.2, 0) is 9.63 Å². The van der Waals surface area contributed by atoms with E-state index in [2.05, 4.69) is 22.1 Å². The highest BCUT2D eigenvalue weighted by Crippen LogP contribution is 2.30. The molecular formula is C15H20N2O2S. The first-order chi connectivity index (χ1) is 9.72. The van der Waals surface area contributed by atoms with Crippen LogP contribution in [0, 0.1) is 11.8 Å². The number of amides is 1. The fraction of sp³-hybridized carbons (Fsp3) is 0.467. The Kier molecular flexibility index (Phi) is 5.47. The highest BCUT2D eigenvalue weighted by Gasteiger charge is 2.36. The topological polar surface area (TPSA) is 41.9 Å². The van der Waals surface area contributed by atoms with E-state index in [0.29, 0.717) is 12.5 Å². The zero-order valence-corrected chi connectivity index (χ0v) is 12.7. The Hall–Kier alpha value is -1.49. The third-order valence-corrected chi connectivity index (χ3v) is 4.75. The molecule has 20 heavy (non-hydrogen) atoms. The summed E-state index contributed by atoms with van der Waals surface area (Å²) in [5.74, 6) is 1.66. The molecule has 0 aliphatic carbocycles. The van der Waals surface area contributed by atoms with E-state index >= 15 is 0 Å². The average molecular weight is 292 g/mol. The van der Waals surface area contributed by atoms with Gasteiger partial charge in [-0.3, -0.25) is 4.79 Å².